The number of para-hydroxylation sites is 1. The van der Waals surface area contributed by atoms with Crippen LogP contribution >= 0.6 is 0 Å². The van der Waals surface area contributed by atoms with Crippen molar-refractivity contribution < 1.29 is 4.79 Å². The molecular formula is C16H24N2O. The number of likely N-dealkylation sites (tertiary alicyclic amines) is 1. The summed E-state index contributed by atoms with van der Waals surface area (Å²) < 4.78 is 0. The van der Waals surface area contributed by atoms with Crippen LogP contribution in [0.15, 0.2) is 18.2 Å². The Hall–Kier alpha value is -1.51. The van der Waals surface area contributed by atoms with Gasteiger partial charge in [0.05, 0.1) is 6.54 Å². The zero-order valence-corrected chi connectivity index (χ0v) is 12.0. The van der Waals surface area contributed by atoms with Crippen molar-refractivity contribution in [3.8, 4) is 0 Å². The Morgan fingerprint density at radius 1 is 1.16 bits per heavy atom. The summed E-state index contributed by atoms with van der Waals surface area (Å²) in [6.07, 6.45) is 4.29. The average molecular weight is 260 g/mol. The van der Waals surface area contributed by atoms with E-state index in [1.165, 1.54) is 16.8 Å². The number of carbonyl (C=O) groups is 1. The number of nitrogens with one attached hydrogen (secondary N) is 1. The number of nitrogens with zero attached hydrogens (tertiary/aromatic N) is 1. The fourth-order valence-corrected chi connectivity index (χ4v) is 2.71. The standard InChI is InChI=1S/C16H24N2O/c1-3-13-8-7-9-14(4-2)16(13)17-12-15(19)18-10-5-6-11-18/h7-9,17H,3-6,10-12H2,1-2H3. The fourth-order valence-electron chi connectivity index (χ4n) is 2.71. The number of carbonyl (C=O) groups excluding carboxylic acids is 1. The van der Waals surface area contributed by atoms with Crippen LogP contribution in [-0.2, 0) is 17.6 Å². The van der Waals surface area contributed by atoms with Gasteiger partial charge in [-0.1, -0.05) is 32.0 Å². The molecular weight excluding hydrogens is 236 g/mol. The second-order valence-corrected chi connectivity index (χ2v) is 5.10. The van der Waals surface area contributed by atoms with E-state index in [1.807, 2.05) is 4.90 Å². The van der Waals surface area contributed by atoms with E-state index in [1.54, 1.807) is 0 Å². The van der Waals surface area contributed by atoms with Crippen LogP contribution in [0, 0.1) is 0 Å². The molecule has 104 valence electrons. The number of anilines is 1. The number of hydrogen-bond acceptors (Lipinski definition) is 2. The molecule has 0 radical (unpaired) electrons. The van der Waals surface area contributed by atoms with E-state index in [2.05, 4.69) is 37.4 Å². The van der Waals surface area contributed by atoms with Gasteiger partial charge in [0.2, 0.25) is 5.91 Å². The molecule has 3 heteroatoms. The normalized spacial score (nSPS) is 14.7. The third-order valence-corrected chi connectivity index (χ3v) is 3.87. The largest absolute Gasteiger partial charge is 0.376 e. The van der Waals surface area contributed by atoms with E-state index in [0.717, 1.165) is 38.8 Å². The van der Waals surface area contributed by atoms with Gasteiger partial charge in [-0.05, 0) is 36.8 Å². The molecule has 1 fully saturated rings. The molecule has 0 atom stereocenters. The molecule has 1 N–H and O–H groups in total. The monoisotopic (exact) mass is 260 g/mol. The molecule has 0 unspecified atom stereocenters. The zero-order valence-electron chi connectivity index (χ0n) is 12.0. The van der Waals surface area contributed by atoms with Crippen LogP contribution < -0.4 is 5.32 Å². The van der Waals surface area contributed by atoms with Crippen molar-refractivity contribution in [2.45, 2.75) is 39.5 Å². The second-order valence-electron chi connectivity index (χ2n) is 5.10. The Bertz CT molecular complexity index is 414. The minimum absolute atomic E-state index is 0.227. The first-order valence-electron chi connectivity index (χ1n) is 7.38. The first-order valence-corrected chi connectivity index (χ1v) is 7.38. The number of hydrogen-bond donors (Lipinski definition) is 1. The van der Waals surface area contributed by atoms with E-state index in [-0.39, 0.29) is 5.91 Å². The first-order chi connectivity index (χ1) is 9.26. The molecule has 2 rings (SSSR count). The first kappa shape index (κ1) is 13.9. The predicted octanol–water partition coefficient (Wildman–Crippen LogP) is 2.85. The molecule has 0 aliphatic carbocycles. The Labute approximate surface area is 116 Å². The van der Waals surface area contributed by atoms with E-state index in [4.69, 9.17) is 0 Å². The van der Waals surface area contributed by atoms with Gasteiger partial charge in [-0.2, -0.15) is 0 Å². The summed E-state index contributed by atoms with van der Waals surface area (Å²) in [6.45, 7) is 6.58. The topological polar surface area (TPSA) is 32.3 Å². The van der Waals surface area contributed by atoms with Gasteiger partial charge in [0.1, 0.15) is 0 Å². The van der Waals surface area contributed by atoms with Gasteiger partial charge in [-0.15, -0.1) is 0 Å². The van der Waals surface area contributed by atoms with Crippen molar-refractivity contribution in [2.24, 2.45) is 0 Å². The highest BCUT2D eigenvalue weighted by molar-refractivity contribution is 5.81. The molecule has 1 aliphatic heterocycles. The van der Waals surface area contributed by atoms with Crippen LogP contribution in [0.3, 0.4) is 0 Å². The summed E-state index contributed by atoms with van der Waals surface area (Å²) >= 11 is 0. The maximum atomic E-state index is 12.1. The van der Waals surface area contributed by atoms with Crippen LogP contribution in [0.1, 0.15) is 37.8 Å². The minimum Gasteiger partial charge on any atom is -0.376 e. The van der Waals surface area contributed by atoms with E-state index >= 15 is 0 Å². The highest BCUT2D eigenvalue weighted by atomic mass is 16.2. The molecule has 1 aromatic carbocycles. The lowest BCUT2D eigenvalue weighted by atomic mass is 10.0. The molecule has 0 aromatic heterocycles. The summed E-state index contributed by atoms with van der Waals surface area (Å²) in [6, 6.07) is 6.38. The van der Waals surface area contributed by atoms with Crippen LogP contribution in [0.25, 0.3) is 0 Å². The summed E-state index contributed by atoms with van der Waals surface area (Å²) in [5, 5.41) is 3.37. The number of benzene rings is 1. The van der Waals surface area contributed by atoms with Crippen LogP contribution in [0.5, 0.6) is 0 Å². The molecule has 1 amide bonds. The van der Waals surface area contributed by atoms with Crippen molar-refractivity contribution in [1.82, 2.24) is 4.90 Å². The lowest BCUT2D eigenvalue weighted by Gasteiger charge is -2.19. The quantitative estimate of drug-likeness (QED) is 0.883. The highest BCUT2D eigenvalue weighted by Crippen LogP contribution is 2.22. The van der Waals surface area contributed by atoms with E-state index < -0.39 is 0 Å². The summed E-state index contributed by atoms with van der Waals surface area (Å²) in [5.74, 6) is 0.227. The lowest BCUT2D eigenvalue weighted by Crippen LogP contribution is -2.33. The van der Waals surface area contributed by atoms with Crippen molar-refractivity contribution in [1.29, 1.82) is 0 Å². The lowest BCUT2D eigenvalue weighted by molar-refractivity contribution is -0.128. The van der Waals surface area contributed by atoms with Crippen molar-refractivity contribution in [2.75, 3.05) is 25.0 Å². The van der Waals surface area contributed by atoms with E-state index in [9.17, 15) is 4.79 Å². The van der Waals surface area contributed by atoms with Gasteiger partial charge in [-0.3, -0.25) is 4.79 Å². The average Bonchev–Trinajstić information content (AvgIpc) is 2.98. The maximum Gasteiger partial charge on any atom is 0.241 e. The molecule has 1 aromatic rings. The van der Waals surface area contributed by atoms with Crippen molar-refractivity contribution in [3.63, 3.8) is 0 Å². The number of rotatable bonds is 5. The zero-order chi connectivity index (χ0) is 13.7. The molecule has 0 bridgehead atoms. The summed E-state index contributed by atoms with van der Waals surface area (Å²) in [4.78, 5) is 14.0. The third kappa shape index (κ3) is 3.28. The second kappa shape index (κ2) is 6.60. The molecule has 1 aliphatic rings. The van der Waals surface area contributed by atoms with Crippen LogP contribution in [0.4, 0.5) is 5.69 Å². The number of aryl methyl sites for hydroxylation is 2. The van der Waals surface area contributed by atoms with Gasteiger partial charge >= 0.3 is 0 Å². The van der Waals surface area contributed by atoms with Gasteiger partial charge in [-0.25, -0.2) is 0 Å². The molecule has 0 saturated carbocycles. The Kier molecular flexibility index (Phi) is 4.83. The minimum atomic E-state index is 0.227. The van der Waals surface area contributed by atoms with Gasteiger partial charge in [0.15, 0.2) is 0 Å². The third-order valence-electron chi connectivity index (χ3n) is 3.87. The van der Waals surface area contributed by atoms with Crippen molar-refractivity contribution >= 4 is 11.6 Å². The SMILES string of the molecule is CCc1cccc(CC)c1NCC(=O)N1CCCC1. The van der Waals surface area contributed by atoms with Crippen LogP contribution in [-0.4, -0.2) is 30.4 Å². The highest BCUT2D eigenvalue weighted by Gasteiger charge is 2.18. The van der Waals surface area contributed by atoms with Crippen molar-refractivity contribution in [3.05, 3.63) is 29.3 Å². The number of amides is 1. The molecule has 1 saturated heterocycles. The smallest absolute Gasteiger partial charge is 0.241 e. The Morgan fingerprint density at radius 2 is 1.74 bits per heavy atom. The summed E-state index contributed by atoms with van der Waals surface area (Å²) in [5.41, 5.74) is 3.77. The summed E-state index contributed by atoms with van der Waals surface area (Å²) in [7, 11) is 0. The van der Waals surface area contributed by atoms with Gasteiger partial charge in [0, 0.05) is 18.8 Å². The maximum absolute atomic E-state index is 12.1. The van der Waals surface area contributed by atoms with E-state index in [0.29, 0.717) is 6.54 Å². The fraction of sp³-hybridized carbons (Fsp3) is 0.562. The van der Waals surface area contributed by atoms with Gasteiger partial charge in [0.25, 0.3) is 0 Å². The molecule has 3 nitrogen and oxygen atoms in total. The molecule has 19 heavy (non-hydrogen) atoms. The molecule has 0 spiro atoms. The molecule has 1 heterocycles. The van der Waals surface area contributed by atoms with Crippen LogP contribution in [0.2, 0.25) is 0 Å². The predicted molar refractivity (Wildman–Crippen MR) is 79.5 cm³/mol. The Balaban J connectivity index is 2.03. The van der Waals surface area contributed by atoms with Gasteiger partial charge < -0.3 is 10.2 Å². The Morgan fingerprint density at radius 3 is 2.26 bits per heavy atom.